The van der Waals surface area contributed by atoms with Crippen LogP contribution in [-0.2, 0) is 9.53 Å². The van der Waals surface area contributed by atoms with Gasteiger partial charge in [0.2, 0.25) is 0 Å². The van der Waals surface area contributed by atoms with Crippen molar-refractivity contribution >= 4 is 50.0 Å². The lowest BCUT2D eigenvalue weighted by Gasteiger charge is -2.14. The number of hydrogen-bond donors (Lipinski definition) is 2. The van der Waals surface area contributed by atoms with E-state index in [9.17, 15) is 9.59 Å². The highest BCUT2D eigenvalue weighted by Gasteiger charge is 2.24. The summed E-state index contributed by atoms with van der Waals surface area (Å²) < 4.78 is 10.3. The second kappa shape index (κ2) is 7.56. The fourth-order valence-electron chi connectivity index (χ4n) is 1.83. The Balaban J connectivity index is 2.01. The molecule has 1 aromatic carbocycles. The van der Waals surface area contributed by atoms with Crippen molar-refractivity contribution < 1.29 is 14.3 Å². The van der Waals surface area contributed by atoms with Gasteiger partial charge in [0.1, 0.15) is 10.6 Å². The average molecular weight is 398 g/mol. The number of benzene rings is 1. The van der Waals surface area contributed by atoms with Crippen molar-refractivity contribution in [2.24, 2.45) is 0 Å². The predicted molar refractivity (Wildman–Crippen MR) is 94.0 cm³/mol. The normalized spacial score (nSPS) is 11.7. The molecule has 0 spiro atoms. The van der Waals surface area contributed by atoms with Crippen molar-refractivity contribution in [1.29, 1.82) is 0 Å². The maximum absolute atomic E-state index is 12.2. The molecule has 122 valence electrons. The van der Waals surface area contributed by atoms with Crippen LogP contribution in [0.2, 0.25) is 0 Å². The van der Waals surface area contributed by atoms with E-state index >= 15 is 0 Å². The van der Waals surface area contributed by atoms with Crippen LogP contribution in [0.15, 0.2) is 28.7 Å². The SMILES string of the molecule is CNc1snc(C)c1C(=O)O[C@@H](C)C(=O)Nc1ccc(Br)cc1. The maximum Gasteiger partial charge on any atom is 0.343 e. The lowest BCUT2D eigenvalue weighted by molar-refractivity contribution is -0.123. The van der Waals surface area contributed by atoms with Crippen LogP contribution in [0.5, 0.6) is 0 Å². The third-order valence-electron chi connectivity index (χ3n) is 3.06. The molecule has 8 heteroatoms. The summed E-state index contributed by atoms with van der Waals surface area (Å²) in [6, 6.07) is 7.13. The Morgan fingerprint density at radius 1 is 1.30 bits per heavy atom. The number of halogens is 1. The van der Waals surface area contributed by atoms with Crippen molar-refractivity contribution in [3.63, 3.8) is 0 Å². The Morgan fingerprint density at radius 3 is 2.57 bits per heavy atom. The van der Waals surface area contributed by atoms with E-state index in [1.165, 1.54) is 18.5 Å². The summed E-state index contributed by atoms with van der Waals surface area (Å²) >= 11 is 4.50. The molecular weight excluding hydrogens is 382 g/mol. The van der Waals surface area contributed by atoms with Gasteiger partial charge in [0.15, 0.2) is 6.10 Å². The second-order valence-corrected chi connectivity index (χ2v) is 6.45. The van der Waals surface area contributed by atoms with Gasteiger partial charge in [-0.2, -0.15) is 4.37 Å². The molecule has 6 nitrogen and oxygen atoms in total. The minimum Gasteiger partial charge on any atom is -0.449 e. The first-order chi connectivity index (χ1) is 10.9. The number of aromatic nitrogens is 1. The van der Waals surface area contributed by atoms with Crippen LogP contribution < -0.4 is 10.6 Å². The van der Waals surface area contributed by atoms with E-state index in [2.05, 4.69) is 30.9 Å². The number of nitrogens with one attached hydrogen (secondary N) is 2. The Morgan fingerprint density at radius 2 is 1.96 bits per heavy atom. The third kappa shape index (κ3) is 4.29. The molecule has 1 aromatic heterocycles. The zero-order valence-electron chi connectivity index (χ0n) is 12.8. The minimum absolute atomic E-state index is 0.362. The summed E-state index contributed by atoms with van der Waals surface area (Å²) in [4.78, 5) is 24.3. The maximum atomic E-state index is 12.2. The van der Waals surface area contributed by atoms with E-state index in [0.717, 1.165) is 4.47 Å². The van der Waals surface area contributed by atoms with Crippen LogP contribution in [-0.4, -0.2) is 29.4 Å². The standard InChI is InChI=1S/C15H16BrN3O3S/c1-8-12(14(17-3)23-19-8)15(21)22-9(2)13(20)18-11-6-4-10(16)5-7-11/h4-7,9,17H,1-3H3,(H,18,20)/t9-/m0/s1. The second-order valence-electron chi connectivity index (χ2n) is 4.77. The molecule has 1 atom stereocenters. The van der Waals surface area contributed by atoms with E-state index in [4.69, 9.17) is 4.74 Å². The number of amides is 1. The summed E-state index contributed by atoms with van der Waals surface area (Å²) in [6.07, 6.45) is -0.921. The molecule has 0 aliphatic heterocycles. The number of hydrogen-bond acceptors (Lipinski definition) is 6. The van der Waals surface area contributed by atoms with E-state index < -0.39 is 18.0 Å². The highest BCUT2D eigenvalue weighted by Crippen LogP contribution is 2.25. The first kappa shape index (κ1) is 17.4. The molecule has 0 radical (unpaired) electrons. The van der Waals surface area contributed by atoms with Crippen LogP contribution in [0.1, 0.15) is 23.0 Å². The summed E-state index contributed by atoms with van der Waals surface area (Å²) in [5, 5.41) is 6.21. The highest BCUT2D eigenvalue weighted by atomic mass is 79.9. The molecule has 0 bridgehead atoms. The molecule has 1 heterocycles. The van der Waals surface area contributed by atoms with E-state index in [1.54, 1.807) is 26.1 Å². The molecule has 2 N–H and O–H groups in total. The van der Waals surface area contributed by atoms with Gasteiger partial charge >= 0.3 is 5.97 Å². The number of esters is 1. The fraction of sp³-hybridized carbons (Fsp3) is 0.267. The number of carbonyl (C=O) groups excluding carboxylic acids is 2. The number of rotatable bonds is 5. The van der Waals surface area contributed by atoms with Crippen LogP contribution in [0, 0.1) is 6.92 Å². The van der Waals surface area contributed by atoms with Crippen molar-refractivity contribution in [3.8, 4) is 0 Å². The quantitative estimate of drug-likeness (QED) is 0.755. The molecule has 0 fully saturated rings. The summed E-state index contributed by atoms with van der Waals surface area (Å²) in [6.45, 7) is 3.25. The first-order valence-corrected chi connectivity index (χ1v) is 8.40. The van der Waals surface area contributed by atoms with Crippen LogP contribution >= 0.6 is 27.5 Å². The van der Waals surface area contributed by atoms with E-state index in [0.29, 0.717) is 21.9 Å². The van der Waals surface area contributed by atoms with Gasteiger partial charge in [0.25, 0.3) is 5.91 Å². The molecule has 0 saturated carbocycles. The monoisotopic (exact) mass is 397 g/mol. The lowest BCUT2D eigenvalue weighted by Crippen LogP contribution is -2.30. The molecule has 1 amide bonds. The fourth-order valence-corrected chi connectivity index (χ4v) is 2.83. The lowest BCUT2D eigenvalue weighted by atomic mass is 10.2. The smallest absolute Gasteiger partial charge is 0.343 e. The molecule has 2 aromatic rings. The summed E-state index contributed by atoms with van der Waals surface area (Å²) in [7, 11) is 1.70. The number of carbonyl (C=O) groups is 2. The third-order valence-corrected chi connectivity index (χ3v) is 4.54. The van der Waals surface area contributed by atoms with Crippen LogP contribution in [0.4, 0.5) is 10.7 Å². The summed E-state index contributed by atoms with van der Waals surface area (Å²) in [5.74, 6) is -0.966. The number of anilines is 2. The van der Waals surface area contributed by atoms with Gasteiger partial charge in [-0.05, 0) is 49.6 Å². The molecular formula is C15H16BrN3O3S. The molecule has 23 heavy (non-hydrogen) atoms. The van der Waals surface area contributed by atoms with Crippen molar-refractivity contribution in [3.05, 3.63) is 40.0 Å². The highest BCUT2D eigenvalue weighted by molar-refractivity contribution is 9.10. The van der Waals surface area contributed by atoms with Gasteiger partial charge < -0.3 is 15.4 Å². The zero-order chi connectivity index (χ0) is 17.0. The Hall–Kier alpha value is -1.93. The Labute approximate surface area is 146 Å². The molecule has 0 aliphatic rings. The topological polar surface area (TPSA) is 80.3 Å². The van der Waals surface area contributed by atoms with Gasteiger partial charge in [-0.15, -0.1) is 0 Å². The molecule has 0 saturated heterocycles. The van der Waals surface area contributed by atoms with Gasteiger partial charge in [0, 0.05) is 17.2 Å². The predicted octanol–water partition coefficient (Wildman–Crippen LogP) is 3.44. The van der Waals surface area contributed by atoms with Gasteiger partial charge in [-0.25, -0.2) is 4.79 Å². The average Bonchev–Trinajstić information content (AvgIpc) is 2.90. The number of aryl methyl sites for hydroxylation is 1. The molecule has 0 aliphatic carbocycles. The van der Waals surface area contributed by atoms with Crippen molar-refractivity contribution in [1.82, 2.24) is 4.37 Å². The van der Waals surface area contributed by atoms with Gasteiger partial charge in [0.05, 0.1) is 5.69 Å². The molecule has 0 unspecified atom stereocenters. The Bertz CT molecular complexity index is 715. The largest absolute Gasteiger partial charge is 0.449 e. The van der Waals surface area contributed by atoms with Crippen molar-refractivity contribution in [2.75, 3.05) is 17.7 Å². The molecule has 2 rings (SSSR count). The minimum atomic E-state index is -0.921. The van der Waals surface area contributed by atoms with Gasteiger partial charge in [-0.1, -0.05) is 15.9 Å². The van der Waals surface area contributed by atoms with Gasteiger partial charge in [-0.3, -0.25) is 4.79 Å². The van der Waals surface area contributed by atoms with Crippen LogP contribution in [0.25, 0.3) is 0 Å². The van der Waals surface area contributed by atoms with Crippen LogP contribution in [0.3, 0.4) is 0 Å². The number of nitrogens with zero attached hydrogens (tertiary/aromatic N) is 1. The zero-order valence-corrected chi connectivity index (χ0v) is 15.2. The summed E-state index contributed by atoms with van der Waals surface area (Å²) in [5.41, 5.74) is 1.57. The first-order valence-electron chi connectivity index (χ1n) is 6.83. The van der Waals surface area contributed by atoms with E-state index in [-0.39, 0.29) is 0 Å². The Kier molecular flexibility index (Phi) is 5.73. The van der Waals surface area contributed by atoms with Crippen molar-refractivity contribution in [2.45, 2.75) is 20.0 Å². The number of ether oxygens (including phenoxy) is 1. The van der Waals surface area contributed by atoms with E-state index in [1.807, 2.05) is 12.1 Å².